The fourth-order valence-corrected chi connectivity index (χ4v) is 0.296. The summed E-state index contributed by atoms with van der Waals surface area (Å²) in [6.45, 7) is 3.81. The molecule has 0 bridgehead atoms. The highest BCUT2D eigenvalue weighted by molar-refractivity contribution is 4.38. The first kappa shape index (κ1) is 13.4. The fourth-order valence-electron chi connectivity index (χ4n) is 0.296. The van der Waals surface area contributed by atoms with Crippen molar-refractivity contribution in [1.82, 2.24) is 0 Å². The molecule has 0 fully saturated rings. The summed E-state index contributed by atoms with van der Waals surface area (Å²) in [4.78, 5) is 0. The van der Waals surface area contributed by atoms with Crippen molar-refractivity contribution in [1.29, 1.82) is 0 Å². The highest BCUT2D eigenvalue weighted by atomic mass is 16.3. The third-order valence-corrected chi connectivity index (χ3v) is 1.00. The second-order valence-electron chi connectivity index (χ2n) is 2.33. The van der Waals surface area contributed by atoms with Gasteiger partial charge in [0.05, 0.1) is 0 Å². The second-order valence-corrected chi connectivity index (χ2v) is 2.33. The quantitative estimate of drug-likeness (QED) is 0.432. The summed E-state index contributed by atoms with van der Waals surface area (Å²) in [7, 11) is 0. The predicted molar refractivity (Wildman–Crippen MR) is 45.6 cm³/mol. The summed E-state index contributed by atoms with van der Waals surface area (Å²) >= 11 is 0. The summed E-state index contributed by atoms with van der Waals surface area (Å²) in [5, 5.41) is 16.5. The lowest BCUT2D eigenvalue weighted by atomic mass is 10.3. The number of hydrogen-bond acceptors (Lipinski definition) is 4. The lowest BCUT2D eigenvalue weighted by molar-refractivity contribution is 0.171. The molecule has 0 aliphatic heterocycles. The molecule has 0 saturated heterocycles. The van der Waals surface area contributed by atoms with Crippen molar-refractivity contribution < 1.29 is 10.2 Å². The standard InChI is InChI=1S/C4H11NO.C3H9NO/c1-2-3-4(5)6;1-2-3(4)5/h4,6H,2-3,5H2,1H3;3,5H,2,4H2,1H3. The molecule has 0 heterocycles. The molecule has 2 atom stereocenters. The summed E-state index contributed by atoms with van der Waals surface area (Å²) in [6.07, 6.45) is 1.09. The second kappa shape index (κ2) is 9.84. The van der Waals surface area contributed by atoms with Gasteiger partial charge >= 0.3 is 0 Å². The van der Waals surface area contributed by atoms with Crippen LogP contribution in [0.4, 0.5) is 0 Å². The predicted octanol–water partition coefficient (Wildman–Crippen LogP) is -0.263. The van der Waals surface area contributed by atoms with Crippen LogP contribution in [-0.2, 0) is 0 Å². The van der Waals surface area contributed by atoms with Crippen LogP contribution in [0.2, 0.25) is 0 Å². The minimum absolute atomic E-state index is 0.602. The van der Waals surface area contributed by atoms with Crippen LogP contribution in [0.15, 0.2) is 0 Å². The van der Waals surface area contributed by atoms with E-state index in [9.17, 15) is 0 Å². The van der Waals surface area contributed by atoms with E-state index in [-0.39, 0.29) is 0 Å². The van der Waals surface area contributed by atoms with Crippen molar-refractivity contribution >= 4 is 0 Å². The van der Waals surface area contributed by atoms with E-state index in [0.29, 0.717) is 12.8 Å². The smallest absolute Gasteiger partial charge is 0.102 e. The van der Waals surface area contributed by atoms with Crippen LogP contribution in [-0.4, -0.2) is 22.7 Å². The molecule has 0 amide bonds. The van der Waals surface area contributed by atoms with E-state index in [1.54, 1.807) is 0 Å². The van der Waals surface area contributed by atoms with E-state index in [2.05, 4.69) is 0 Å². The lowest BCUT2D eigenvalue weighted by Crippen LogP contribution is -2.17. The summed E-state index contributed by atoms with van der Waals surface area (Å²) in [5.74, 6) is 0. The largest absolute Gasteiger partial charge is 0.379 e. The van der Waals surface area contributed by atoms with Gasteiger partial charge in [0.25, 0.3) is 0 Å². The Morgan fingerprint density at radius 1 is 1.09 bits per heavy atom. The summed E-state index contributed by atoms with van der Waals surface area (Å²) in [6, 6.07) is 0. The molecule has 6 N–H and O–H groups in total. The Hall–Kier alpha value is -0.160. The average Bonchev–Trinajstić information content (AvgIpc) is 1.89. The Morgan fingerprint density at radius 3 is 1.45 bits per heavy atom. The van der Waals surface area contributed by atoms with E-state index in [1.165, 1.54) is 0 Å². The molecular weight excluding hydrogens is 144 g/mol. The van der Waals surface area contributed by atoms with Crippen LogP contribution in [0.1, 0.15) is 33.1 Å². The Kier molecular flexibility index (Phi) is 12.0. The van der Waals surface area contributed by atoms with E-state index in [0.717, 1.165) is 6.42 Å². The van der Waals surface area contributed by atoms with Gasteiger partial charge in [-0.1, -0.05) is 20.3 Å². The molecule has 4 nitrogen and oxygen atoms in total. The molecule has 4 heteroatoms. The Labute approximate surface area is 68.2 Å². The highest BCUT2D eigenvalue weighted by Gasteiger charge is 1.87. The third-order valence-electron chi connectivity index (χ3n) is 1.00. The average molecular weight is 164 g/mol. The van der Waals surface area contributed by atoms with Gasteiger partial charge in [-0.3, -0.25) is 0 Å². The van der Waals surface area contributed by atoms with Gasteiger partial charge in [0.1, 0.15) is 12.5 Å². The first-order valence-corrected chi connectivity index (χ1v) is 3.91. The van der Waals surface area contributed by atoms with Crippen LogP contribution >= 0.6 is 0 Å². The molecule has 0 radical (unpaired) electrons. The van der Waals surface area contributed by atoms with Gasteiger partial charge in [-0.05, 0) is 12.8 Å². The number of rotatable bonds is 3. The molecule has 0 aromatic rings. The minimum Gasteiger partial charge on any atom is -0.379 e. The fraction of sp³-hybridized carbons (Fsp3) is 1.00. The maximum absolute atomic E-state index is 8.33. The zero-order chi connectivity index (χ0) is 9.28. The third kappa shape index (κ3) is 25.8. The van der Waals surface area contributed by atoms with Crippen molar-refractivity contribution in [3.8, 4) is 0 Å². The topological polar surface area (TPSA) is 92.5 Å². The molecule has 2 unspecified atom stereocenters. The Balaban J connectivity index is 0. The van der Waals surface area contributed by atoms with E-state index >= 15 is 0 Å². The van der Waals surface area contributed by atoms with Crippen molar-refractivity contribution in [2.45, 2.75) is 45.6 Å². The molecule has 0 spiro atoms. The number of hydrogen-bond donors (Lipinski definition) is 4. The lowest BCUT2D eigenvalue weighted by Gasteiger charge is -1.96. The van der Waals surface area contributed by atoms with Gasteiger partial charge in [0.2, 0.25) is 0 Å². The number of aliphatic hydroxyl groups is 2. The first-order valence-electron chi connectivity index (χ1n) is 3.91. The first-order chi connectivity index (χ1) is 5.04. The number of aliphatic hydroxyl groups excluding tert-OH is 2. The monoisotopic (exact) mass is 164 g/mol. The van der Waals surface area contributed by atoms with E-state index in [4.69, 9.17) is 21.7 Å². The summed E-state index contributed by atoms with van der Waals surface area (Å²) < 4.78 is 0. The normalized spacial score (nSPS) is 14.7. The maximum Gasteiger partial charge on any atom is 0.102 e. The maximum atomic E-state index is 8.33. The van der Waals surface area contributed by atoms with Gasteiger partial charge in [-0.2, -0.15) is 0 Å². The number of nitrogens with two attached hydrogens (primary N) is 2. The molecule has 11 heavy (non-hydrogen) atoms. The van der Waals surface area contributed by atoms with Gasteiger partial charge in [0.15, 0.2) is 0 Å². The van der Waals surface area contributed by atoms with Gasteiger partial charge in [-0.25, -0.2) is 0 Å². The zero-order valence-electron chi connectivity index (χ0n) is 7.33. The SMILES string of the molecule is CCC(N)O.CCCC(N)O. The van der Waals surface area contributed by atoms with E-state index < -0.39 is 12.5 Å². The van der Waals surface area contributed by atoms with Crippen molar-refractivity contribution in [2.24, 2.45) is 11.5 Å². The van der Waals surface area contributed by atoms with Crippen molar-refractivity contribution in [3.05, 3.63) is 0 Å². The van der Waals surface area contributed by atoms with Crippen molar-refractivity contribution in [3.63, 3.8) is 0 Å². The van der Waals surface area contributed by atoms with Crippen molar-refractivity contribution in [2.75, 3.05) is 0 Å². The molecule has 0 aromatic heterocycles. The molecule has 0 aromatic carbocycles. The van der Waals surface area contributed by atoms with E-state index in [1.807, 2.05) is 13.8 Å². The van der Waals surface area contributed by atoms with Crippen LogP contribution < -0.4 is 11.5 Å². The van der Waals surface area contributed by atoms with Gasteiger partial charge in [0, 0.05) is 0 Å². The Bertz CT molecular complexity index is 67.5. The molecule has 70 valence electrons. The summed E-state index contributed by atoms with van der Waals surface area (Å²) in [5.41, 5.74) is 9.81. The van der Waals surface area contributed by atoms with Crippen LogP contribution in [0.25, 0.3) is 0 Å². The highest BCUT2D eigenvalue weighted by Crippen LogP contribution is 1.85. The van der Waals surface area contributed by atoms with Gasteiger partial charge in [-0.15, -0.1) is 0 Å². The van der Waals surface area contributed by atoms with Crippen LogP contribution in [0, 0.1) is 0 Å². The zero-order valence-corrected chi connectivity index (χ0v) is 7.33. The molecule has 0 aliphatic carbocycles. The molecule has 0 saturated carbocycles. The van der Waals surface area contributed by atoms with Crippen LogP contribution in [0.3, 0.4) is 0 Å². The Morgan fingerprint density at radius 2 is 1.45 bits per heavy atom. The molecule has 0 aliphatic rings. The minimum atomic E-state index is -0.616. The molecular formula is C7H20N2O2. The van der Waals surface area contributed by atoms with Gasteiger partial charge < -0.3 is 21.7 Å². The molecule has 0 rings (SSSR count). The van der Waals surface area contributed by atoms with Crippen LogP contribution in [0.5, 0.6) is 0 Å².